The van der Waals surface area contributed by atoms with Crippen molar-refractivity contribution in [2.45, 2.75) is 38.6 Å². The molecular weight excluding hydrogens is 358 g/mol. The van der Waals surface area contributed by atoms with Gasteiger partial charge in [0.2, 0.25) is 5.91 Å². The third kappa shape index (κ3) is 6.07. The molecule has 0 aliphatic heterocycles. The zero-order chi connectivity index (χ0) is 18.4. The summed E-state index contributed by atoms with van der Waals surface area (Å²) in [5.41, 5.74) is 8.47. The monoisotopic (exact) mass is 382 g/mol. The van der Waals surface area contributed by atoms with E-state index in [1.54, 1.807) is 0 Å². The van der Waals surface area contributed by atoms with Gasteiger partial charge in [0.25, 0.3) is 0 Å². The van der Waals surface area contributed by atoms with Crippen molar-refractivity contribution in [2.75, 3.05) is 6.54 Å². The van der Waals surface area contributed by atoms with Gasteiger partial charge in [0, 0.05) is 19.0 Å². The van der Waals surface area contributed by atoms with Crippen molar-refractivity contribution in [3.05, 3.63) is 70.8 Å². The van der Waals surface area contributed by atoms with Gasteiger partial charge >= 0.3 is 0 Å². The van der Waals surface area contributed by atoms with Crippen LogP contribution in [0.15, 0.2) is 42.5 Å². The van der Waals surface area contributed by atoms with Crippen LogP contribution < -0.4 is 11.1 Å². The van der Waals surface area contributed by atoms with Gasteiger partial charge in [-0.3, -0.25) is 4.79 Å². The van der Waals surface area contributed by atoms with Gasteiger partial charge < -0.3 is 11.1 Å². The molecule has 6 heteroatoms. The summed E-state index contributed by atoms with van der Waals surface area (Å²) in [5, 5.41) is 2.74. The summed E-state index contributed by atoms with van der Waals surface area (Å²) >= 11 is 0. The maximum absolute atomic E-state index is 13.6. The van der Waals surface area contributed by atoms with Crippen LogP contribution in [-0.2, 0) is 11.2 Å². The largest absolute Gasteiger partial charge is 0.354 e. The van der Waals surface area contributed by atoms with Crippen LogP contribution in [0.2, 0.25) is 0 Å². The fourth-order valence-corrected chi connectivity index (χ4v) is 2.55. The Labute approximate surface area is 159 Å². The minimum Gasteiger partial charge on any atom is -0.354 e. The van der Waals surface area contributed by atoms with Crippen molar-refractivity contribution in [2.24, 2.45) is 5.73 Å². The van der Waals surface area contributed by atoms with E-state index in [1.165, 1.54) is 17.7 Å². The minimum absolute atomic E-state index is 0. The van der Waals surface area contributed by atoms with E-state index < -0.39 is 11.6 Å². The van der Waals surface area contributed by atoms with E-state index in [0.717, 1.165) is 11.6 Å². The summed E-state index contributed by atoms with van der Waals surface area (Å²) < 4.78 is 26.7. The smallest absolute Gasteiger partial charge is 0.220 e. The molecule has 2 aromatic carbocycles. The van der Waals surface area contributed by atoms with E-state index in [-0.39, 0.29) is 42.8 Å². The maximum Gasteiger partial charge on any atom is 0.220 e. The van der Waals surface area contributed by atoms with Gasteiger partial charge in [-0.2, -0.15) is 0 Å². The summed E-state index contributed by atoms with van der Waals surface area (Å²) in [5.74, 6) is -1.58. The second kappa shape index (κ2) is 10.2. The molecule has 0 radical (unpaired) electrons. The number of hydrogen-bond acceptors (Lipinski definition) is 2. The SMILES string of the molecule is CC(C)c1ccc(C(N)CNC(=O)CCc2cccc(F)c2F)cc1.Cl. The van der Waals surface area contributed by atoms with Crippen LogP contribution in [0.25, 0.3) is 0 Å². The molecule has 0 fully saturated rings. The Hall–Kier alpha value is -1.98. The van der Waals surface area contributed by atoms with Crippen LogP contribution in [0.5, 0.6) is 0 Å². The van der Waals surface area contributed by atoms with Gasteiger partial charge in [-0.25, -0.2) is 8.78 Å². The van der Waals surface area contributed by atoms with Crippen LogP contribution in [0.1, 0.15) is 48.9 Å². The molecule has 0 aliphatic carbocycles. The Kier molecular flexibility index (Phi) is 8.69. The molecule has 1 amide bonds. The number of hydrogen-bond donors (Lipinski definition) is 2. The number of aryl methyl sites for hydroxylation is 1. The predicted octanol–water partition coefficient (Wildman–Crippen LogP) is 4.26. The first-order valence-corrected chi connectivity index (χ1v) is 8.43. The Balaban J connectivity index is 0.00000338. The molecule has 0 aliphatic rings. The van der Waals surface area contributed by atoms with Gasteiger partial charge in [-0.15, -0.1) is 12.4 Å². The van der Waals surface area contributed by atoms with Crippen molar-refractivity contribution < 1.29 is 13.6 Å². The summed E-state index contributed by atoms with van der Waals surface area (Å²) in [6.45, 7) is 4.54. The highest BCUT2D eigenvalue weighted by atomic mass is 35.5. The molecule has 3 N–H and O–H groups in total. The van der Waals surface area contributed by atoms with E-state index in [9.17, 15) is 13.6 Å². The lowest BCUT2D eigenvalue weighted by atomic mass is 9.99. The normalized spacial score (nSPS) is 11.8. The predicted molar refractivity (Wildman–Crippen MR) is 102 cm³/mol. The Morgan fingerprint density at radius 3 is 2.31 bits per heavy atom. The Morgan fingerprint density at radius 2 is 1.69 bits per heavy atom. The first-order chi connectivity index (χ1) is 11.9. The van der Waals surface area contributed by atoms with Crippen LogP contribution in [0, 0.1) is 11.6 Å². The van der Waals surface area contributed by atoms with Gasteiger partial charge in [-0.05, 0) is 35.1 Å². The molecule has 0 heterocycles. The topological polar surface area (TPSA) is 55.1 Å². The lowest BCUT2D eigenvalue weighted by Crippen LogP contribution is -2.32. The van der Waals surface area contributed by atoms with E-state index in [4.69, 9.17) is 5.73 Å². The van der Waals surface area contributed by atoms with E-state index in [2.05, 4.69) is 19.2 Å². The molecule has 26 heavy (non-hydrogen) atoms. The summed E-state index contributed by atoms with van der Waals surface area (Å²) in [7, 11) is 0. The number of nitrogens with one attached hydrogen (secondary N) is 1. The van der Waals surface area contributed by atoms with Crippen LogP contribution in [0.4, 0.5) is 8.78 Å². The highest BCUT2D eigenvalue weighted by Gasteiger charge is 2.12. The lowest BCUT2D eigenvalue weighted by Gasteiger charge is -2.14. The standard InChI is InChI=1S/C20H24F2N2O.ClH/c1-13(2)14-6-8-15(9-7-14)18(23)12-24-19(25)11-10-16-4-3-5-17(21)20(16)22;/h3-9,13,18H,10-12,23H2,1-2H3,(H,24,25);1H. The van der Waals surface area contributed by atoms with Crippen LogP contribution in [-0.4, -0.2) is 12.5 Å². The number of benzene rings is 2. The van der Waals surface area contributed by atoms with Gasteiger partial charge in [-0.1, -0.05) is 50.2 Å². The summed E-state index contributed by atoms with van der Waals surface area (Å²) in [4.78, 5) is 11.9. The highest BCUT2D eigenvalue weighted by molar-refractivity contribution is 5.85. The molecule has 0 saturated heterocycles. The summed E-state index contributed by atoms with van der Waals surface area (Å²) in [6.07, 6.45) is 0.229. The van der Waals surface area contributed by atoms with Crippen molar-refractivity contribution in [1.29, 1.82) is 0 Å². The number of carbonyl (C=O) groups is 1. The Bertz CT molecular complexity index is 720. The molecule has 2 rings (SSSR count). The average Bonchev–Trinajstić information content (AvgIpc) is 2.61. The molecule has 1 unspecified atom stereocenters. The molecular formula is C20H25ClF2N2O. The maximum atomic E-state index is 13.6. The average molecular weight is 383 g/mol. The fourth-order valence-electron chi connectivity index (χ4n) is 2.55. The van der Waals surface area contributed by atoms with Gasteiger partial charge in [0.1, 0.15) is 0 Å². The second-order valence-electron chi connectivity index (χ2n) is 6.44. The summed E-state index contributed by atoms with van der Waals surface area (Å²) in [6, 6.07) is 11.7. The van der Waals surface area contributed by atoms with Gasteiger partial charge in [0.05, 0.1) is 0 Å². The van der Waals surface area contributed by atoms with Crippen molar-refractivity contribution >= 4 is 18.3 Å². The number of nitrogens with two attached hydrogens (primary N) is 1. The lowest BCUT2D eigenvalue weighted by molar-refractivity contribution is -0.121. The zero-order valence-electron chi connectivity index (χ0n) is 15.0. The number of carbonyl (C=O) groups excluding carboxylic acids is 1. The van der Waals surface area contributed by atoms with Gasteiger partial charge in [0.15, 0.2) is 11.6 Å². The molecule has 1 atom stereocenters. The first kappa shape index (κ1) is 22.1. The van der Waals surface area contributed by atoms with E-state index in [0.29, 0.717) is 12.5 Å². The van der Waals surface area contributed by atoms with E-state index >= 15 is 0 Å². The van der Waals surface area contributed by atoms with Crippen molar-refractivity contribution in [3.63, 3.8) is 0 Å². The molecule has 142 valence electrons. The number of halogens is 3. The van der Waals surface area contributed by atoms with Crippen LogP contribution >= 0.6 is 12.4 Å². The third-order valence-corrected chi connectivity index (χ3v) is 4.20. The molecule has 0 saturated carbocycles. The fraction of sp³-hybridized carbons (Fsp3) is 0.350. The number of amides is 1. The van der Waals surface area contributed by atoms with Crippen LogP contribution in [0.3, 0.4) is 0 Å². The molecule has 3 nitrogen and oxygen atoms in total. The molecule has 2 aromatic rings. The van der Waals surface area contributed by atoms with E-state index in [1.807, 2.05) is 24.3 Å². The molecule has 0 bridgehead atoms. The third-order valence-electron chi connectivity index (χ3n) is 4.20. The van der Waals surface area contributed by atoms with Crippen molar-refractivity contribution in [3.8, 4) is 0 Å². The Morgan fingerprint density at radius 1 is 1.08 bits per heavy atom. The first-order valence-electron chi connectivity index (χ1n) is 8.43. The molecule has 0 spiro atoms. The quantitative estimate of drug-likeness (QED) is 0.751. The highest BCUT2D eigenvalue weighted by Crippen LogP contribution is 2.17. The second-order valence-corrected chi connectivity index (χ2v) is 6.44. The van der Waals surface area contributed by atoms with Crippen molar-refractivity contribution in [1.82, 2.24) is 5.32 Å². The number of rotatable bonds is 7. The minimum atomic E-state index is -0.898. The molecule has 0 aromatic heterocycles. The zero-order valence-corrected chi connectivity index (χ0v) is 15.8.